The van der Waals surface area contributed by atoms with Gasteiger partial charge in [-0.3, -0.25) is 0 Å². The molecule has 0 radical (unpaired) electrons. The van der Waals surface area contributed by atoms with Gasteiger partial charge in [0.1, 0.15) is 0 Å². The summed E-state index contributed by atoms with van der Waals surface area (Å²) in [5.41, 5.74) is 4.24. The third-order valence-corrected chi connectivity index (χ3v) is 5.94. The minimum absolute atomic E-state index is 0.0378. The molecule has 0 saturated heterocycles. The summed E-state index contributed by atoms with van der Waals surface area (Å²) < 4.78 is 6.88. The van der Waals surface area contributed by atoms with E-state index in [1.165, 1.54) is 5.56 Å². The highest BCUT2D eigenvalue weighted by atomic mass is 32.2. The number of nitrogens with zero attached hydrogens (tertiary/aromatic N) is 3. The summed E-state index contributed by atoms with van der Waals surface area (Å²) in [4.78, 5) is 4.71. The van der Waals surface area contributed by atoms with Crippen LogP contribution >= 0.6 is 23.1 Å². The molecule has 0 bridgehead atoms. The van der Waals surface area contributed by atoms with Gasteiger partial charge in [-0.15, -0.1) is 21.5 Å². The highest BCUT2D eigenvalue weighted by Crippen LogP contribution is 2.38. The summed E-state index contributed by atoms with van der Waals surface area (Å²) in [7, 11) is 0. The second kappa shape index (κ2) is 7.43. The van der Waals surface area contributed by atoms with Crippen molar-refractivity contribution in [2.75, 3.05) is 0 Å². The molecule has 4 nitrogen and oxygen atoms in total. The molecule has 4 aromatic rings. The first-order chi connectivity index (χ1) is 12.7. The van der Waals surface area contributed by atoms with E-state index in [1.54, 1.807) is 23.1 Å². The van der Waals surface area contributed by atoms with E-state index in [9.17, 15) is 0 Å². The Balaban J connectivity index is 1.49. The third-order valence-electron chi connectivity index (χ3n) is 3.88. The van der Waals surface area contributed by atoms with Gasteiger partial charge in [0.15, 0.2) is 4.34 Å². The Morgan fingerprint density at radius 1 is 1.00 bits per heavy atom. The van der Waals surface area contributed by atoms with Gasteiger partial charge in [0.25, 0.3) is 0 Å². The lowest BCUT2D eigenvalue weighted by Gasteiger charge is -2.03. The van der Waals surface area contributed by atoms with Crippen LogP contribution in [0.25, 0.3) is 22.7 Å². The zero-order valence-corrected chi connectivity index (χ0v) is 16.1. The summed E-state index contributed by atoms with van der Waals surface area (Å²) in [5, 5.41) is 10.5. The van der Waals surface area contributed by atoms with Gasteiger partial charge in [-0.05, 0) is 26.0 Å². The van der Waals surface area contributed by atoms with Crippen LogP contribution in [0.15, 0.2) is 68.7 Å². The van der Waals surface area contributed by atoms with E-state index in [0.717, 1.165) is 21.2 Å². The molecule has 0 N–H and O–H groups in total. The van der Waals surface area contributed by atoms with Crippen molar-refractivity contribution in [3.63, 3.8) is 0 Å². The number of aromatic nitrogens is 3. The van der Waals surface area contributed by atoms with E-state index in [1.807, 2.05) is 49.4 Å². The third kappa shape index (κ3) is 3.71. The summed E-state index contributed by atoms with van der Waals surface area (Å²) in [5.74, 6) is 1.17. The Morgan fingerprint density at radius 2 is 1.81 bits per heavy atom. The maximum atomic E-state index is 5.88. The van der Waals surface area contributed by atoms with Crippen LogP contribution in [0.5, 0.6) is 0 Å². The van der Waals surface area contributed by atoms with Gasteiger partial charge in [-0.25, -0.2) is 4.98 Å². The second-order valence-corrected chi connectivity index (χ2v) is 8.39. The van der Waals surface area contributed by atoms with Gasteiger partial charge in [-0.1, -0.05) is 59.8 Å². The molecule has 26 heavy (non-hydrogen) atoms. The largest absolute Gasteiger partial charge is 0.419 e. The molecule has 0 saturated carbocycles. The summed E-state index contributed by atoms with van der Waals surface area (Å²) in [6, 6.07) is 18.3. The summed E-state index contributed by atoms with van der Waals surface area (Å²) in [6.45, 7) is 4.10. The molecule has 0 fully saturated rings. The molecule has 4 rings (SSSR count). The molecule has 0 amide bonds. The molecule has 2 aromatic carbocycles. The standard InChI is InChI=1S/C20H17N3OS2/c1-13-7-6-10-16(11-13)19-23-22-18(24-19)14(2)26-20-21-17(12-25-20)15-8-4-3-5-9-15/h3-12,14H,1-2H3. The molecular formula is C20H17N3OS2. The highest BCUT2D eigenvalue weighted by Gasteiger charge is 2.18. The number of thioether (sulfide) groups is 1. The van der Waals surface area contributed by atoms with Crippen LogP contribution in [-0.4, -0.2) is 15.2 Å². The van der Waals surface area contributed by atoms with Crippen LogP contribution in [-0.2, 0) is 0 Å². The molecule has 130 valence electrons. The first-order valence-electron chi connectivity index (χ1n) is 8.27. The Kier molecular flexibility index (Phi) is 4.86. The quantitative estimate of drug-likeness (QED) is 0.397. The molecule has 1 unspecified atom stereocenters. The van der Waals surface area contributed by atoms with E-state index in [4.69, 9.17) is 9.40 Å². The smallest absolute Gasteiger partial charge is 0.247 e. The number of rotatable bonds is 5. The van der Waals surface area contributed by atoms with Gasteiger partial charge in [0.05, 0.1) is 10.9 Å². The average Bonchev–Trinajstić information content (AvgIpc) is 3.32. The minimum atomic E-state index is 0.0378. The minimum Gasteiger partial charge on any atom is -0.419 e. The van der Waals surface area contributed by atoms with Crippen molar-refractivity contribution in [1.29, 1.82) is 0 Å². The lowest BCUT2D eigenvalue weighted by atomic mass is 10.1. The predicted octanol–water partition coefficient (Wildman–Crippen LogP) is 6.02. The number of thiazole rings is 1. The molecule has 1 atom stereocenters. The van der Waals surface area contributed by atoms with Crippen LogP contribution in [0.3, 0.4) is 0 Å². The fourth-order valence-corrected chi connectivity index (χ4v) is 4.55. The lowest BCUT2D eigenvalue weighted by molar-refractivity contribution is 0.509. The number of benzene rings is 2. The average molecular weight is 380 g/mol. The molecule has 2 heterocycles. The maximum Gasteiger partial charge on any atom is 0.247 e. The van der Waals surface area contributed by atoms with Crippen molar-refractivity contribution in [3.8, 4) is 22.7 Å². The van der Waals surface area contributed by atoms with E-state index in [2.05, 4.69) is 34.6 Å². The lowest BCUT2D eigenvalue weighted by Crippen LogP contribution is -1.88. The van der Waals surface area contributed by atoms with Crippen molar-refractivity contribution in [3.05, 3.63) is 71.4 Å². The normalized spacial score (nSPS) is 12.2. The van der Waals surface area contributed by atoms with Crippen molar-refractivity contribution in [2.24, 2.45) is 0 Å². The second-order valence-electron chi connectivity index (χ2n) is 5.94. The summed E-state index contributed by atoms with van der Waals surface area (Å²) in [6.07, 6.45) is 0. The molecule has 6 heteroatoms. The van der Waals surface area contributed by atoms with Crippen LogP contribution in [0.1, 0.15) is 23.6 Å². The number of hydrogen-bond acceptors (Lipinski definition) is 6. The van der Waals surface area contributed by atoms with Crippen molar-refractivity contribution in [2.45, 2.75) is 23.4 Å². The first-order valence-corrected chi connectivity index (χ1v) is 10.0. The topological polar surface area (TPSA) is 51.8 Å². The van der Waals surface area contributed by atoms with Crippen LogP contribution in [0, 0.1) is 6.92 Å². The fourth-order valence-electron chi connectivity index (χ4n) is 2.55. The van der Waals surface area contributed by atoms with Crippen molar-refractivity contribution < 1.29 is 4.42 Å². The van der Waals surface area contributed by atoms with Crippen LogP contribution in [0.4, 0.5) is 0 Å². The summed E-state index contributed by atoms with van der Waals surface area (Å²) >= 11 is 3.27. The van der Waals surface area contributed by atoms with Gasteiger partial charge in [0, 0.05) is 16.5 Å². The Bertz CT molecular complexity index is 1010. The monoisotopic (exact) mass is 379 g/mol. The van der Waals surface area contributed by atoms with Gasteiger partial charge in [-0.2, -0.15) is 0 Å². The molecule has 0 spiro atoms. The number of hydrogen-bond donors (Lipinski definition) is 0. The van der Waals surface area contributed by atoms with E-state index >= 15 is 0 Å². The highest BCUT2D eigenvalue weighted by molar-refractivity contribution is 8.01. The predicted molar refractivity (Wildman–Crippen MR) is 106 cm³/mol. The van der Waals surface area contributed by atoms with Crippen LogP contribution < -0.4 is 0 Å². The molecule has 0 aliphatic carbocycles. The Morgan fingerprint density at radius 3 is 2.62 bits per heavy atom. The van der Waals surface area contributed by atoms with E-state index < -0.39 is 0 Å². The molecule has 2 aromatic heterocycles. The fraction of sp³-hybridized carbons (Fsp3) is 0.150. The van der Waals surface area contributed by atoms with Crippen molar-refractivity contribution >= 4 is 23.1 Å². The zero-order valence-electron chi connectivity index (χ0n) is 14.4. The SMILES string of the molecule is Cc1cccc(-c2nnc(C(C)Sc3nc(-c4ccccc4)cs3)o2)c1. The van der Waals surface area contributed by atoms with Crippen LogP contribution in [0.2, 0.25) is 0 Å². The van der Waals surface area contributed by atoms with Gasteiger partial charge in [0.2, 0.25) is 11.8 Å². The van der Waals surface area contributed by atoms with E-state index in [-0.39, 0.29) is 5.25 Å². The van der Waals surface area contributed by atoms with Gasteiger partial charge >= 0.3 is 0 Å². The molecule has 0 aliphatic heterocycles. The van der Waals surface area contributed by atoms with E-state index in [0.29, 0.717) is 11.8 Å². The Labute approximate surface area is 160 Å². The molecule has 0 aliphatic rings. The molecular weight excluding hydrogens is 362 g/mol. The number of aryl methyl sites for hydroxylation is 1. The zero-order chi connectivity index (χ0) is 17.9. The Hall–Kier alpha value is -2.44. The maximum absolute atomic E-state index is 5.88. The van der Waals surface area contributed by atoms with Gasteiger partial charge < -0.3 is 4.42 Å². The first kappa shape index (κ1) is 17.0. The van der Waals surface area contributed by atoms with Crippen molar-refractivity contribution in [1.82, 2.24) is 15.2 Å².